The summed E-state index contributed by atoms with van der Waals surface area (Å²) < 4.78 is 13.3. The largest absolute Gasteiger partial charge is 0.389 e. The number of halogens is 1. The van der Waals surface area contributed by atoms with Crippen LogP contribution in [-0.4, -0.2) is 12.0 Å². The first-order valence-electron chi connectivity index (χ1n) is 5.89. The maximum absolute atomic E-state index is 13.3. The zero-order valence-electron chi connectivity index (χ0n) is 10.9. The van der Waals surface area contributed by atoms with Crippen LogP contribution in [0.4, 0.5) is 15.8 Å². The molecule has 0 aliphatic carbocycles. The Balaban J connectivity index is 2.53. The number of rotatable bonds is 3. The molecule has 0 aliphatic rings. The molecule has 2 N–H and O–H groups in total. The maximum atomic E-state index is 13.3. The summed E-state index contributed by atoms with van der Waals surface area (Å²) in [5, 5.41) is 0. The van der Waals surface area contributed by atoms with Crippen LogP contribution in [0.5, 0.6) is 0 Å². The molecule has 2 rings (SSSR count). The van der Waals surface area contributed by atoms with Crippen LogP contribution in [0.1, 0.15) is 11.1 Å². The Labute approximate surface area is 117 Å². The van der Waals surface area contributed by atoms with Crippen molar-refractivity contribution in [1.29, 1.82) is 0 Å². The van der Waals surface area contributed by atoms with E-state index in [-0.39, 0.29) is 10.8 Å². The second-order valence-corrected chi connectivity index (χ2v) is 4.81. The SMILES string of the molecule is Cc1ccccc1N(C)c1ccc(F)cc1C(N)=S. The average Bonchev–Trinajstić information content (AvgIpc) is 2.38. The molecule has 0 fully saturated rings. The average molecular weight is 274 g/mol. The fourth-order valence-electron chi connectivity index (χ4n) is 2.07. The third kappa shape index (κ3) is 2.74. The van der Waals surface area contributed by atoms with Crippen LogP contribution in [0.3, 0.4) is 0 Å². The normalized spacial score (nSPS) is 10.3. The number of benzene rings is 2. The molecule has 0 radical (unpaired) electrons. The fourth-order valence-corrected chi connectivity index (χ4v) is 2.23. The van der Waals surface area contributed by atoms with E-state index in [0.717, 1.165) is 16.9 Å². The molecule has 0 heterocycles. The molecule has 4 heteroatoms. The Morgan fingerprint density at radius 2 is 1.84 bits per heavy atom. The van der Waals surface area contributed by atoms with Gasteiger partial charge >= 0.3 is 0 Å². The van der Waals surface area contributed by atoms with Gasteiger partial charge in [0.1, 0.15) is 10.8 Å². The highest BCUT2D eigenvalue weighted by molar-refractivity contribution is 7.80. The van der Waals surface area contributed by atoms with Crippen molar-refractivity contribution < 1.29 is 4.39 Å². The molecule has 0 unspecified atom stereocenters. The van der Waals surface area contributed by atoms with E-state index in [1.165, 1.54) is 12.1 Å². The molecule has 0 aromatic heterocycles. The van der Waals surface area contributed by atoms with Gasteiger partial charge < -0.3 is 10.6 Å². The van der Waals surface area contributed by atoms with Crippen molar-refractivity contribution in [1.82, 2.24) is 0 Å². The highest BCUT2D eigenvalue weighted by Crippen LogP contribution is 2.29. The molecule has 0 atom stereocenters. The minimum absolute atomic E-state index is 0.190. The first-order chi connectivity index (χ1) is 9.00. The molecule has 2 aromatic carbocycles. The number of hydrogen-bond acceptors (Lipinski definition) is 2. The Morgan fingerprint density at radius 3 is 2.47 bits per heavy atom. The van der Waals surface area contributed by atoms with Crippen LogP contribution in [0.25, 0.3) is 0 Å². The van der Waals surface area contributed by atoms with Crippen LogP contribution in [0.2, 0.25) is 0 Å². The van der Waals surface area contributed by atoms with Crippen molar-refractivity contribution in [3.8, 4) is 0 Å². The summed E-state index contributed by atoms with van der Waals surface area (Å²) in [7, 11) is 1.91. The summed E-state index contributed by atoms with van der Waals surface area (Å²) in [6, 6.07) is 12.4. The van der Waals surface area contributed by atoms with Crippen molar-refractivity contribution in [3.05, 3.63) is 59.4 Å². The standard InChI is InChI=1S/C15H15FN2S/c1-10-5-3-4-6-13(10)18(2)14-8-7-11(16)9-12(14)15(17)19/h3-9H,1-2H3,(H2,17,19). The summed E-state index contributed by atoms with van der Waals surface area (Å²) in [5.74, 6) is -0.343. The topological polar surface area (TPSA) is 29.3 Å². The molecule has 0 aliphatic heterocycles. The lowest BCUT2D eigenvalue weighted by Crippen LogP contribution is -2.18. The van der Waals surface area contributed by atoms with Crippen LogP contribution < -0.4 is 10.6 Å². The van der Waals surface area contributed by atoms with Gasteiger partial charge in [0, 0.05) is 18.3 Å². The third-order valence-corrected chi connectivity index (χ3v) is 3.28. The summed E-state index contributed by atoms with van der Waals surface area (Å²) >= 11 is 5.00. The predicted octanol–water partition coefficient (Wildman–Crippen LogP) is 3.54. The van der Waals surface area contributed by atoms with E-state index in [4.69, 9.17) is 18.0 Å². The van der Waals surface area contributed by atoms with Crippen molar-refractivity contribution in [2.45, 2.75) is 6.92 Å². The lowest BCUT2D eigenvalue weighted by molar-refractivity contribution is 0.627. The van der Waals surface area contributed by atoms with Gasteiger partial charge in [-0.2, -0.15) is 0 Å². The van der Waals surface area contributed by atoms with Crippen molar-refractivity contribution >= 4 is 28.6 Å². The molecule has 2 aromatic rings. The molecule has 2 nitrogen and oxygen atoms in total. The lowest BCUT2D eigenvalue weighted by Gasteiger charge is -2.24. The fraction of sp³-hybridized carbons (Fsp3) is 0.133. The van der Waals surface area contributed by atoms with Gasteiger partial charge in [-0.15, -0.1) is 0 Å². The van der Waals surface area contributed by atoms with Crippen LogP contribution >= 0.6 is 12.2 Å². The number of nitrogens with zero attached hydrogens (tertiary/aromatic N) is 1. The van der Waals surface area contributed by atoms with Crippen LogP contribution in [-0.2, 0) is 0 Å². The van der Waals surface area contributed by atoms with Crippen molar-refractivity contribution in [2.24, 2.45) is 5.73 Å². The maximum Gasteiger partial charge on any atom is 0.124 e. The van der Waals surface area contributed by atoms with Crippen LogP contribution in [0.15, 0.2) is 42.5 Å². The van der Waals surface area contributed by atoms with Crippen LogP contribution in [0, 0.1) is 12.7 Å². The number of anilines is 2. The van der Waals surface area contributed by atoms with Gasteiger partial charge in [0.05, 0.1) is 5.69 Å². The minimum atomic E-state index is -0.343. The van der Waals surface area contributed by atoms with Gasteiger partial charge in [-0.25, -0.2) is 4.39 Å². The second kappa shape index (κ2) is 5.36. The lowest BCUT2D eigenvalue weighted by atomic mass is 10.1. The van der Waals surface area contributed by atoms with Crippen molar-refractivity contribution in [3.63, 3.8) is 0 Å². The zero-order chi connectivity index (χ0) is 14.0. The van der Waals surface area contributed by atoms with E-state index in [1.54, 1.807) is 6.07 Å². The molecule has 0 amide bonds. The monoisotopic (exact) mass is 274 g/mol. The minimum Gasteiger partial charge on any atom is -0.389 e. The zero-order valence-corrected chi connectivity index (χ0v) is 11.7. The highest BCUT2D eigenvalue weighted by Gasteiger charge is 2.13. The van der Waals surface area contributed by atoms with E-state index in [9.17, 15) is 4.39 Å². The Hall–Kier alpha value is -1.94. The number of para-hydroxylation sites is 1. The van der Waals surface area contributed by atoms with Gasteiger partial charge in [0.2, 0.25) is 0 Å². The van der Waals surface area contributed by atoms with E-state index in [0.29, 0.717) is 5.56 Å². The Morgan fingerprint density at radius 1 is 1.16 bits per heavy atom. The van der Waals surface area contributed by atoms with E-state index < -0.39 is 0 Å². The van der Waals surface area contributed by atoms with Gasteiger partial charge in [0.15, 0.2) is 0 Å². The van der Waals surface area contributed by atoms with Gasteiger partial charge in [-0.1, -0.05) is 30.4 Å². The first-order valence-corrected chi connectivity index (χ1v) is 6.30. The summed E-state index contributed by atoms with van der Waals surface area (Å²) in [4.78, 5) is 2.15. The third-order valence-electron chi connectivity index (χ3n) is 3.06. The molecule has 19 heavy (non-hydrogen) atoms. The molecule has 0 bridgehead atoms. The van der Waals surface area contributed by atoms with E-state index in [2.05, 4.69) is 0 Å². The summed E-state index contributed by atoms with van der Waals surface area (Å²) in [6.45, 7) is 2.02. The Bertz CT molecular complexity index is 625. The first kappa shape index (κ1) is 13.5. The van der Waals surface area contributed by atoms with Gasteiger partial charge in [-0.3, -0.25) is 0 Å². The smallest absolute Gasteiger partial charge is 0.124 e. The number of aryl methyl sites for hydroxylation is 1. The molecular weight excluding hydrogens is 259 g/mol. The second-order valence-electron chi connectivity index (χ2n) is 4.37. The highest BCUT2D eigenvalue weighted by atomic mass is 32.1. The summed E-state index contributed by atoms with van der Waals surface area (Å²) in [6.07, 6.45) is 0. The molecule has 98 valence electrons. The van der Waals surface area contributed by atoms with Gasteiger partial charge in [-0.05, 0) is 36.8 Å². The van der Waals surface area contributed by atoms with Gasteiger partial charge in [0.25, 0.3) is 0 Å². The summed E-state index contributed by atoms with van der Waals surface area (Å²) in [5.41, 5.74) is 9.17. The number of hydrogen-bond donors (Lipinski definition) is 1. The molecular formula is C15H15FN2S. The van der Waals surface area contributed by atoms with E-state index in [1.807, 2.05) is 43.1 Å². The molecule has 0 spiro atoms. The number of nitrogens with two attached hydrogens (primary N) is 1. The Kier molecular flexibility index (Phi) is 3.81. The van der Waals surface area contributed by atoms with E-state index >= 15 is 0 Å². The molecule has 0 saturated carbocycles. The van der Waals surface area contributed by atoms with Crippen molar-refractivity contribution in [2.75, 3.05) is 11.9 Å². The predicted molar refractivity (Wildman–Crippen MR) is 81.5 cm³/mol. The quantitative estimate of drug-likeness (QED) is 0.868. The molecule has 0 saturated heterocycles. The number of thiocarbonyl (C=S) groups is 1.